The van der Waals surface area contributed by atoms with Crippen molar-refractivity contribution in [2.75, 3.05) is 39.4 Å². The summed E-state index contributed by atoms with van der Waals surface area (Å²) in [5.41, 5.74) is 2.77. The normalized spacial score (nSPS) is 10.8. The number of anilines is 1. The zero-order chi connectivity index (χ0) is 21.5. The Labute approximate surface area is 185 Å². The van der Waals surface area contributed by atoms with Crippen molar-refractivity contribution in [3.8, 4) is 22.8 Å². The molecule has 0 bridgehead atoms. The number of ether oxygens (including phenoxy) is 2. The van der Waals surface area contributed by atoms with Gasteiger partial charge in [0, 0.05) is 28.5 Å². The van der Waals surface area contributed by atoms with Crippen molar-refractivity contribution in [1.29, 1.82) is 0 Å². The van der Waals surface area contributed by atoms with Crippen LogP contribution in [0.4, 0.5) is 5.13 Å². The van der Waals surface area contributed by atoms with E-state index in [0.29, 0.717) is 23.2 Å². The van der Waals surface area contributed by atoms with Crippen LogP contribution in [0.3, 0.4) is 0 Å². The summed E-state index contributed by atoms with van der Waals surface area (Å²) in [5.74, 6) is 1.29. The average Bonchev–Trinajstić information content (AvgIpc) is 3.21. The molecule has 6 nitrogen and oxygen atoms in total. The van der Waals surface area contributed by atoms with Crippen LogP contribution in [0, 0.1) is 0 Å². The molecule has 1 amide bonds. The van der Waals surface area contributed by atoms with Crippen molar-refractivity contribution in [3.63, 3.8) is 0 Å². The van der Waals surface area contributed by atoms with Crippen LogP contribution in [0.1, 0.15) is 5.56 Å². The Bertz CT molecular complexity index is 990. The summed E-state index contributed by atoms with van der Waals surface area (Å²) in [7, 11) is 5.15. The minimum absolute atomic E-state index is 0.0965. The maximum atomic E-state index is 12.4. The van der Waals surface area contributed by atoms with Crippen LogP contribution in [-0.2, 0) is 11.3 Å². The van der Waals surface area contributed by atoms with Crippen LogP contribution < -0.4 is 14.8 Å². The van der Waals surface area contributed by atoms with Crippen molar-refractivity contribution in [2.24, 2.45) is 0 Å². The van der Waals surface area contributed by atoms with E-state index in [9.17, 15) is 4.79 Å². The molecular weight excluding hydrogens is 418 g/mol. The molecule has 0 aliphatic carbocycles. The molecule has 3 rings (SSSR count). The summed E-state index contributed by atoms with van der Waals surface area (Å²) >= 11 is 3.10. The highest BCUT2D eigenvalue weighted by Crippen LogP contribution is 2.34. The Morgan fingerprint density at radius 1 is 1.17 bits per heavy atom. The van der Waals surface area contributed by atoms with Gasteiger partial charge in [0.25, 0.3) is 0 Å². The van der Waals surface area contributed by atoms with E-state index in [0.717, 1.165) is 11.3 Å². The van der Waals surface area contributed by atoms with Gasteiger partial charge in [0.15, 0.2) is 5.13 Å². The van der Waals surface area contributed by atoms with Gasteiger partial charge in [0.2, 0.25) is 5.91 Å². The first-order valence-electron chi connectivity index (χ1n) is 9.31. The number of carbonyl (C=O) groups is 1. The van der Waals surface area contributed by atoms with Crippen molar-refractivity contribution in [2.45, 2.75) is 11.4 Å². The molecule has 0 radical (unpaired) electrons. The number of methoxy groups -OCH3 is 2. The van der Waals surface area contributed by atoms with E-state index in [2.05, 4.69) is 40.8 Å². The Morgan fingerprint density at radius 3 is 2.60 bits per heavy atom. The second kappa shape index (κ2) is 10.5. The van der Waals surface area contributed by atoms with Crippen LogP contribution in [0.5, 0.6) is 11.5 Å². The van der Waals surface area contributed by atoms with Gasteiger partial charge >= 0.3 is 0 Å². The quantitative estimate of drug-likeness (QED) is 0.487. The molecule has 0 unspecified atom stereocenters. The van der Waals surface area contributed by atoms with Crippen LogP contribution in [0.2, 0.25) is 0 Å². The van der Waals surface area contributed by atoms with Crippen LogP contribution in [0.15, 0.2) is 52.7 Å². The summed E-state index contributed by atoms with van der Waals surface area (Å²) in [4.78, 5) is 20.2. The number of hydrogen-bond donors (Lipinski definition) is 1. The molecule has 0 spiro atoms. The SMILES string of the molecule is COc1ccc(-c2csc(NC(=O)CN(C)Cc3ccc(SC)cc3)n2)c(OC)c1. The molecule has 3 aromatic rings. The van der Waals surface area contributed by atoms with Gasteiger partial charge in [-0.2, -0.15) is 0 Å². The molecular formula is C22H25N3O3S2. The second-order valence-electron chi connectivity index (χ2n) is 6.67. The number of likely N-dealkylation sites (N-methyl/N-ethyl adjacent to an activating group) is 1. The number of benzene rings is 2. The molecule has 0 aliphatic rings. The van der Waals surface area contributed by atoms with E-state index in [1.54, 1.807) is 26.0 Å². The van der Waals surface area contributed by atoms with Gasteiger partial charge in [0.05, 0.1) is 26.5 Å². The summed E-state index contributed by atoms with van der Waals surface area (Å²) in [6.07, 6.45) is 2.06. The summed E-state index contributed by atoms with van der Waals surface area (Å²) in [6, 6.07) is 13.9. The molecule has 0 saturated heterocycles. The molecule has 0 atom stereocenters. The maximum Gasteiger partial charge on any atom is 0.240 e. The molecule has 1 heterocycles. The van der Waals surface area contributed by atoms with E-state index in [1.807, 2.05) is 35.5 Å². The topological polar surface area (TPSA) is 63.7 Å². The number of carbonyl (C=O) groups excluding carboxylic acids is 1. The summed E-state index contributed by atoms with van der Waals surface area (Å²) in [5, 5.41) is 5.35. The van der Waals surface area contributed by atoms with Crippen molar-refractivity contribution < 1.29 is 14.3 Å². The molecule has 158 valence electrons. The number of hydrogen-bond acceptors (Lipinski definition) is 7. The van der Waals surface area contributed by atoms with Crippen LogP contribution in [-0.4, -0.2) is 49.9 Å². The highest BCUT2D eigenvalue weighted by Gasteiger charge is 2.14. The lowest BCUT2D eigenvalue weighted by Gasteiger charge is -2.16. The predicted molar refractivity (Wildman–Crippen MR) is 124 cm³/mol. The van der Waals surface area contributed by atoms with E-state index in [-0.39, 0.29) is 12.5 Å². The van der Waals surface area contributed by atoms with Gasteiger partial charge in [-0.05, 0) is 43.1 Å². The standard InChI is InChI=1S/C22H25N3O3S2/c1-25(12-15-5-8-17(29-4)9-6-15)13-21(26)24-22-23-19(14-30-22)18-10-7-16(27-2)11-20(18)28-3/h5-11,14H,12-13H2,1-4H3,(H,23,24,26). The van der Waals surface area contributed by atoms with Crippen molar-refractivity contribution >= 4 is 34.1 Å². The second-order valence-corrected chi connectivity index (χ2v) is 8.41. The number of amides is 1. The minimum Gasteiger partial charge on any atom is -0.497 e. The fourth-order valence-electron chi connectivity index (χ4n) is 2.97. The lowest BCUT2D eigenvalue weighted by Crippen LogP contribution is -2.29. The monoisotopic (exact) mass is 443 g/mol. The highest BCUT2D eigenvalue weighted by atomic mass is 32.2. The lowest BCUT2D eigenvalue weighted by molar-refractivity contribution is -0.117. The zero-order valence-corrected chi connectivity index (χ0v) is 19.1. The molecule has 2 aromatic carbocycles. The molecule has 0 aliphatic heterocycles. The van der Waals surface area contributed by atoms with Gasteiger partial charge in [-0.25, -0.2) is 4.98 Å². The first-order chi connectivity index (χ1) is 14.5. The Kier molecular flexibility index (Phi) is 7.73. The molecule has 30 heavy (non-hydrogen) atoms. The number of thiazole rings is 1. The van der Waals surface area contributed by atoms with Crippen molar-refractivity contribution in [3.05, 3.63) is 53.4 Å². The third-order valence-electron chi connectivity index (χ3n) is 4.46. The van der Waals surface area contributed by atoms with E-state index in [1.165, 1.54) is 21.8 Å². The van der Waals surface area contributed by atoms with Gasteiger partial charge in [0.1, 0.15) is 11.5 Å². The first-order valence-corrected chi connectivity index (χ1v) is 11.4. The maximum absolute atomic E-state index is 12.4. The fraction of sp³-hybridized carbons (Fsp3) is 0.273. The number of rotatable bonds is 9. The minimum atomic E-state index is -0.0965. The number of thioether (sulfide) groups is 1. The predicted octanol–water partition coefficient (Wildman–Crippen LogP) is 4.62. The Balaban J connectivity index is 1.59. The van der Waals surface area contributed by atoms with Gasteiger partial charge < -0.3 is 14.8 Å². The number of nitrogens with one attached hydrogen (secondary N) is 1. The van der Waals surface area contributed by atoms with Crippen molar-refractivity contribution in [1.82, 2.24) is 9.88 Å². The summed E-state index contributed by atoms with van der Waals surface area (Å²) in [6.45, 7) is 0.985. The summed E-state index contributed by atoms with van der Waals surface area (Å²) < 4.78 is 10.7. The zero-order valence-electron chi connectivity index (χ0n) is 17.5. The van der Waals surface area contributed by atoms with Gasteiger partial charge in [-0.1, -0.05) is 12.1 Å². The largest absolute Gasteiger partial charge is 0.497 e. The molecule has 0 fully saturated rings. The third kappa shape index (κ3) is 5.75. The molecule has 0 saturated carbocycles. The number of aromatic nitrogens is 1. The van der Waals surface area contributed by atoms with E-state index < -0.39 is 0 Å². The molecule has 1 aromatic heterocycles. The van der Waals surface area contributed by atoms with E-state index in [4.69, 9.17) is 9.47 Å². The van der Waals surface area contributed by atoms with E-state index >= 15 is 0 Å². The van der Waals surface area contributed by atoms with Gasteiger partial charge in [-0.15, -0.1) is 23.1 Å². The molecule has 8 heteroatoms. The fourth-order valence-corrected chi connectivity index (χ4v) is 4.10. The number of nitrogens with zero attached hydrogens (tertiary/aromatic N) is 2. The van der Waals surface area contributed by atoms with Crippen LogP contribution in [0.25, 0.3) is 11.3 Å². The lowest BCUT2D eigenvalue weighted by atomic mass is 10.1. The van der Waals surface area contributed by atoms with Crippen LogP contribution >= 0.6 is 23.1 Å². The Morgan fingerprint density at radius 2 is 1.93 bits per heavy atom. The highest BCUT2D eigenvalue weighted by molar-refractivity contribution is 7.98. The average molecular weight is 444 g/mol. The third-order valence-corrected chi connectivity index (χ3v) is 5.96. The Hall–Kier alpha value is -2.55. The molecule has 1 N–H and O–H groups in total. The first kappa shape index (κ1) is 22.1. The smallest absolute Gasteiger partial charge is 0.240 e. The van der Waals surface area contributed by atoms with Gasteiger partial charge in [-0.3, -0.25) is 9.69 Å².